The summed E-state index contributed by atoms with van der Waals surface area (Å²) >= 11 is 0. The highest BCUT2D eigenvalue weighted by Crippen LogP contribution is 2.28. The van der Waals surface area contributed by atoms with Gasteiger partial charge in [0.1, 0.15) is 18.8 Å². The van der Waals surface area contributed by atoms with Crippen molar-refractivity contribution in [3.8, 4) is 0 Å². The highest BCUT2D eigenvalue weighted by Gasteiger charge is 2.45. The standard InChI is InChI=1S/C12H20O7/c1-6-10(15)11(18-8(3)14)9(5-17-7(2)13)19-12(6)16-4/h6,9-12,15H,5H2,1-4H3. The van der Waals surface area contributed by atoms with Gasteiger partial charge in [-0.25, -0.2) is 0 Å². The van der Waals surface area contributed by atoms with Crippen molar-refractivity contribution < 1.29 is 33.6 Å². The first kappa shape index (κ1) is 15.9. The van der Waals surface area contributed by atoms with Crippen molar-refractivity contribution in [1.29, 1.82) is 0 Å². The summed E-state index contributed by atoms with van der Waals surface area (Å²) in [5.41, 5.74) is 0. The quantitative estimate of drug-likeness (QED) is 0.714. The number of rotatable bonds is 4. The average molecular weight is 276 g/mol. The number of hydrogen-bond acceptors (Lipinski definition) is 7. The van der Waals surface area contributed by atoms with Crippen LogP contribution in [0.25, 0.3) is 0 Å². The second kappa shape index (κ2) is 6.83. The van der Waals surface area contributed by atoms with Crippen molar-refractivity contribution in [2.24, 2.45) is 5.92 Å². The van der Waals surface area contributed by atoms with E-state index in [1.54, 1.807) is 6.92 Å². The minimum atomic E-state index is -0.955. The second-order valence-corrected chi connectivity index (χ2v) is 4.50. The highest BCUT2D eigenvalue weighted by atomic mass is 16.7. The summed E-state index contributed by atoms with van der Waals surface area (Å²) in [6.45, 7) is 4.10. The molecule has 1 heterocycles. The predicted molar refractivity (Wildman–Crippen MR) is 63.0 cm³/mol. The Hall–Kier alpha value is -1.18. The lowest BCUT2D eigenvalue weighted by molar-refractivity contribution is -0.279. The molecule has 0 aromatic carbocycles. The lowest BCUT2D eigenvalue weighted by atomic mass is 9.92. The summed E-state index contributed by atoms with van der Waals surface area (Å²) in [7, 11) is 1.45. The SMILES string of the molecule is COC1OC(COC(C)=O)C(OC(C)=O)C(O)C1C. The molecule has 0 spiro atoms. The summed E-state index contributed by atoms with van der Waals surface area (Å²) in [6.07, 6.45) is -3.26. The molecule has 1 rings (SSSR count). The van der Waals surface area contributed by atoms with Crippen molar-refractivity contribution in [2.75, 3.05) is 13.7 Å². The van der Waals surface area contributed by atoms with Crippen LogP contribution in [0.4, 0.5) is 0 Å². The fourth-order valence-corrected chi connectivity index (χ4v) is 1.99. The van der Waals surface area contributed by atoms with Gasteiger partial charge in [0.15, 0.2) is 12.4 Å². The summed E-state index contributed by atoms with van der Waals surface area (Å²) < 4.78 is 20.5. The van der Waals surface area contributed by atoms with Gasteiger partial charge in [-0.1, -0.05) is 6.92 Å². The number of aliphatic hydroxyl groups excluding tert-OH is 1. The third-order valence-corrected chi connectivity index (χ3v) is 2.97. The lowest BCUT2D eigenvalue weighted by Gasteiger charge is -2.41. The van der Waals surface area contributed by atoms with Crippen LogP contribution in [0.2, 0.25) is 0 Å². The molecule has 7 heteroatoms. The van der Waals surface area contributed by atoms with E-state index >= 15 is 0 Å². The zero-order chi connectivity index (χ0) is 14.6. The second-order valence-electron chi connectivity index (χ2n) is 4.50. The van der Waals surface area contributed by atoms with E-state index in [2.05, 4.69) is 0 Å². The van der Waals surface area contributed by atoms with Crippen LogP contribution >= 0.6 is 0 Å². The zero-order valence-corrected chi connectivity index (χ0v) is 11.5. The van der Waals surface area contributed by atoms with E-state index < -0.39 is 36.5 Å². The van der Waals surface area contributed by atoms with Crippen molar-refractivity contribution in [3.05, 3.63) is 0 Å². The van der Waals surface area contributed by atoms with Gasteiger partial charge in [0.2, 0.25) is 0 Å². The first-order valence-corrected chi connectivity index (χ1v) is 6.03. The lowest BCUT2D eigenvalue weighted by Crippen LogP contribution is -2.57. The van der Waals surface area contributed by atoms with E-state index in [0.717, 1.165) is 0 Å². The molecule has 5 atom stereocenters. The molecule has 1 fully saturated rings. The van der Waals surface area contributed by atoms with Crippen LogP contribution in [-0.4, -0.2) is 55.4 Å². The van der Waals surface area contributed by atoms with E-state index in [4.69, 9.17) is 18.9 Å². The summed E-state index contributed by atoms with van der Waals surface area (Å²) in [5.74, 6) is -1.39. The van der Waals surface area contributed by atoms with E-state index in [1.807, 2.05) is 0 Å². The van der Waals surface area contributed by atoms with E-state index in [9.17, 15) is 14.7 Å². The van der Waals surface area contributed by atoms with Gasteiger partial charge >= 0.3 is 11.9 Å². The fourth-order valence-electron chi connectivity index (χ4n) is 1.99. The fraction of sp³-hybridized carbons (Fsp3) is 0.833. The van der Waals surface area contributed by atoms with Gasteiger partial charge in [0, 0.05) is 26.9 Å². The van der Waals surface area contributed by atoms with Crippen molar-refractivity contribution in [3.63, 3.8) is 0 Å². The number of esters is 2. The van der Waals surface area contributed by atoms with Crippen LogP contribution in [0.3, 0.4) is 0 Å². The Morgan fingerprint density at radius 3 is 2.37 bits per heavy atom. The molecule has 0 amide bonds. The van der Waals surface area contributed by atoms with Crippen LogP contribution in [0, 0.1) is 5.92 Å². The summed E-state index contributed by atoms with van der Waals surface area (Å²) in [6, 6.07) is 0. The molecule has 19 heavy (non-hydrogen) atoms. The molecule has 1 aliphatic rings. The summed E-state index contributed by atoms with van der Waals surface area (Å²) in [5, 5.41) is 10.1. The minimum absolute atomic E-state index is 0.114. The molecule has 110 valence electrons. The minimum Gasteiger partial charge on any atom is -0.463 e. The Bertz CT molecular complexity index is 330. The first-order valence-electron chi connectivity index (χ1n) is 6.03. The van der Waals surface area contributed by atoms with Crippen LogP contribution in [-0.2, 0) is 28.5 Å². The van der Waals surface area contributed by atoms with E-state index in [1.165, 1.54) is 21.0 Å². The van der Waals surface area contributed by atoms with Crippen LogP contribution in [0.5, 0.6) is 0 Å². The van der Waals surface area contributed by atoms with Crippen LogP contribution in [0.15, 0.2) is 0 Å². The largest absolute Gasteiger partial charge is 0.463 e. The first-order chi connectivity index (χ1) is 8.86. The molecule has 7 nitrogen and oxygen atoms in total. The number of carbonyl (C=O) groups excluding carboxylic acids is 2. The molecule has 0 radical (unpaired) electrons. The number of hydrogen-bond donors (Lipinski definition) is 1. The van der Waals surface area contributed by atoms with E-state index in [-0.39, 0.29) is 12.5 Å². The number of aliphatic hydroxyl groups is 1. The molecule has 0 aromatic rings. The molecule has 0 saturated carbocycles. The Balaban J connectivity index is 2.79. The monoisotopic (exact) mass is 276 g/mol. The van der Waals surface area contributed by atoms with Gasteiger partial charge in [-0.3, -0.25) is 9.59 Å². The van der Waals surface area contributed by atoms with Crippen LogP contribution < -0.4 is 0 Å². The maximum atomic E-state index is 11.1. The maximum Gasteiger partial charge on any atom is 0.303 e. The molecular weight excluding hydrogens is 256 g/mol. The number of ether oxygens (including phenoxy) is 4. The molecule has 5 unspecified atom stereocenters. The van der Waals surface area contributed by atoms with Crippen LogP contribution in [0.1, 0.15) is 20.8 Å². The Morgan fingerprint density at radius 2 is 1.89 bits per heavy atom. The predicted octanol–water partition coefficient (Wildman–Crippen LogP) is -0.151. The Labute approximate surface area is 111 Å². The third-order valence-electron chi connectivity index (χ3n) is 2.97. The Morgan fingerprint density at radius 1 is 1.26 bits per heavy atom. The highest BCUT2D eigenvalue weighted by molar-refractivity contribution is 5.66. The molecule has 0 bridgehead atoms. The smallest absolute Gasteiger partial charge is 0.303 e. The topological polar surface area (TPSA) is 91.3 Å². The van der Waals surface area contributed by atoms with Gasteiger partial charge in [-0.05, 0) is 0 Å². The zero-order valence-electron chi connectivity index (χ0n) is 11.5. The normalized spacial score (nSPS) is 34.7. The molecule has 0 aromatic heterocycles. The van der Waals surface area contributed by atoms with Crippen molar-refractivity contribution >= 4 is 11.9 Å². The van der Waals surface area contributed by atoms with Gasteiger partial charge in [-0.2, -0.15) is 0 Å². The molecule has 1 aliphatic heterocycles. The van der Waals surface area contributed by atoms with E-state index in [0.29, 0.717) is 0 Å². The number of carbonyl (C=O) groups is 2. The number of methoxy groups -OCH3 is 1. The average Bonchev–Trinajstić information content (AvgIpc) is 2.33. The molecule has 0 aliphatic carbocycles. The van der Waals surface area contributed by atoms with Crippen molar-refractivity contribution in [1.82, 2.24) is 0 Å². The third kappa shape index (κ3) is 4.15. The molecule has 1 N–H and O–H groups in total. The van der Waals surface area contributed by atoms with Crippen molar-refractivity contribution in [2.45, 2.75) is 45.4 Å². The van der Waals surface area contributed by atoms with Gasteiger partial charge in [-0.15, -0.1) is 0 Å². The van der Waals surface area contributed by atoms with Gasteiger partial charge in [0.25, 0.3) is 0 Å². The maximum absolute atomic E-state index is 11.1. The molecular formula is C12H20O7. The van der Waals surface area contributed by atoms with Gasteiger partial charge < -0.3 is 24.1 Å². The molecule has 1 saturated heterocycles. The van der Waals surface area contributed by atoms with Gasteiger partial charge in [0.05, 0.1) is 0 Å². The Kier molecular flexibility index (Phi) is 5.71. The summed E-state index contributed by atoms with van der Waals surface area (Å²) in [4.78, 5) is 21.9.